The van der Waals surface area contributed by atoms with Crippen LogP contribution in [0.15, 0.2) is 23.8 Å². The highest BCUT2D eigenvalue weighted by Gasteiger charge is 2.34. The number of rotatable bonds is 3. The first-order valence-electron chi connectivity index (χ1n) is 5.84. The van der Waals surface area contributed by atoms with E-state index in [1.807, 2.05) is 20.8 Å². The van der Waals surface area contributed by atoms with Crippen molar-refractivity contribution < 1.29 is 9.53 Å². The molecule has 2 aliphatic rings. The molecule has 2 nitrogen and oxygen atoms in total. The smallest absolute Gasteiger partial charge is 0.305 e. The van der Waals surface area contributed by atoms with Gasteiger partial charge in [-0.2, -0.15) is 0 Å². The number of carbonyl (C=O) groups is 1. The van der Waals surface area contributed by atoms with Crippen LogP contribution in [0.5, 0.6) is 0 Å². The van der Waals surface area contributed by atoms with Crippen LogP contribution < -0.4 is 0 Å². The number of hydrogen-bond acceptors (Lipinski definition) is 2. The van der Waals surface area contributed by atoms with Gasteiger partial charge in [0.2, 0.25) is 0 Å². The van der Waals surface area contributed by atoms with Crippen molar-refractivity contribution >= 4 is 5.97 Å². The molecular weight excluding hydrogens is 188 g/mol. The minimum absolute atomic E-state index is 0.118. The van der Waals surface area contributed by atoms with Crippen molar-refractivity contribution in [3.05, 3.63) is 23.8 Å². The van der Waals surface area contributed by atoms with Crippen LogP contribution in [0.25, 0.3) is 0 Å². The molecule has 0 heterocycles. The molecule has 0 aromatic heterocycles. The van der Waals surface area contributed by atoms with Gasteiger partial charge in [0.15, 0.2) is 0 Å². The van der Waals surface area contributed by atoms with Gasteiger partial charge in [0.05, 0.1) is 0 Å². The van der Waals surface area contributed by atoms with Crippen molar-refractivity contribution in [2.24, 2.45) is 11.8 Å². The molecule has 0 spiro atoms. The van der Waals surface area contributed by atoms with Crippen LogP contribution >= 0.6 is 0 Å². The molecule has 2 atom stereocenters. The van der Waals surface area contributed by atoms with Gasteiger partial charge in [0.25, 0.3) is 0 Å². The van der Waals surface area contributed by atoms with E-state index in [1.54, 1.807) is 0 Å². The average Bonchev–Trinajstić information content (AvgIpc) is 3.06. The third kappa shape index (κ3) is 3.54. The zero-order valence-corrected chi connectivity index (χ0v) is 9.82. The van der Waals surface area contributed by atoms with Crippen LogP contribution in [-0.2, 0) is 9.53 Å². The summed E-state index contributed by atoms with van der Waals surface area (Å²) in [5.41, 5.74) is 1.15. The molecule has 2 rings (SSSR count). The van der Waals surface area contributed by atoms with E-state index in [1.165, 1.54) is 6.42 Å². The second-order valence-corrected chi connectivity index (χ2v) is 3.68. The first-order valence-corrected chi connectivity index (χ1v) is 5.84. The van der Waals surface area contributed by atoms with E-state index in [0.29, 0.717) is 13.0 Å². The maximum atomic E-state index is 10.9. The van der Waals surface area contributed by atoms with Gasteiger partial charge >= 0.3 is 5.97 Å². The summed E-state index contributed by atoms with van der Waals surface area (Å²) in [6.07, 6.45) is 8.27. The van der Waals surface area contributed by atoms with E-state index in [9.17, 15) is 4.79 Å². The highest BCUT2D eigenvalue weighted by molar-refractivity contribution is 5.69. The lowest BCUT2D eigenvalue weighted by Gasteiger charge is -2.06. The zero-order valence-electron chi connectivity index (χ0n) is 9.82. The minimum Gasteiger partial charge on any atom is -0.461 e. The topological polar surface area (TPSA) is 26.3 Å². The Kier molecular flexibility index (Phi) is 4.60. The molecule has 2 heteroatoms. The highest BCUT2D eigenvalue weighted by Crippen LogP contribution is 2.44. The monoisotopic (exact) mass is 208 g/mol. The molecule has 0 amide bonds. The Morgan fingerprint density at radius 1 is 1.47 bits per heavy atom. The number of esters is 1. The van der Waals surface area contributed by atoms with Gasteiger partial charge in [-0.05, 0) is 23.8 Å². The van der Waals surface area contributed by atoms with Gasteiger partial charge in [0.1, 0.15) is 6.61 Å². The number of hydrogen-bond donors (Lipinski definition) is 0. The van der Waals surface area contributed by atoms with E-state index in [-0.39, 0.29) is 5.97 Å². The quantitative estimate of drug-likeness (QED) is 0.666. The van der Waals surface area contributed by atoms with Crippen molar-refractivity contribution in [3.8, 4) is 0 Å². The van der Waals surface area contributed by atoms with Crippen LogP contribution in [0, 0.1) is 11.8 Å². The van der Waals surface area contributed by atoms with E-state index >= 15 is 0 Å². The lowest BCUT2D eigenvalue weighted by molar-refractivity contribution is -0.142. The summed E-state index contributed by atoms with van der Waals surface area (Å²) in [5.74, 6) is 1.40. The van der Waals surface area contributed by atoms with Crippen LogP contribution in [-0.4, -0.2) is 12.6 Å². The fourth-order valence-corrected chi connectivity index (χ4v) is 1.59. The lowest BCUT2D eigenvalue weighted by atomic mass is 10.1. The normalized spacial score (nSPS) is 25.7. The Balaban J connectivity index is 0.000000531. The summed E-state index contributed by atoms with van der Waals surface area (Å²) in [7, 11) is 0. The molecule has 0 aromatic carbocycles. The fraction of sp³-hybridized carbons (Fsp3) is 0.615. The van der Waals surface area contributed by atoms with Gasteiger partial charge in [-0.25, -0.2) is 0 Å². The van der Waals surface area contributed by atoms with Gasteiger partial charge < -0.3 is 4.74 Å². The van der Waals surface area contributed by atoms with Gasteiger partial charge in [-0.3, -0.25) is 4.79 Å². The summed E-state index contributed by atoms with van der Waals surface area (Å²) < 4.78 is 5.04. The summed E-state index contributed by atoms with van der Waals surface area (Å²) in [6, 6.07) is 0. The number of allylic oxidation sites excluding steroid dienone is 2. The predicted octanol–water partition coefficient (Wildman–Crippen LogP) is 3.10. The molecule has 0 aliphatic heterocycles. The van der Waals surface area contributed by atoms with Gasteiger partial charge in [0, 0.05) is 6.42 Å². The molecular formula is C13H20O2. The van der Waals surface area contributed by atoms with Crippen LogP contribution in [0.4, 0.5) is 0 Å². The Morgan fingerprint density at radius 3 is 2.80 bits per heavy atom. The average molecular weight is 208 g/mol. The third-order valence-electron chi connectivity index (χ3n) is 2.57. The van der Waals surface area contributed by atoms with Crippen molar-refractivity contribution in [2.75, 3.05) is 6.61 Å². The minimum atomic E-state index is -0.118. The van der Waals surface area contributed by atoms with E-state index in [4.69, 9.17) is 4.74 Å². The standard InChI is InChI=1S/C11H14O2.C2H6/c1-2-11(12)13-7-8-3-4-9-6-10(9)5-8;1-2/h3-5,9-10H,2,6-7H2,1H3;1-2H3. The molecule has 0 saturated heterocycles. The second kappa shape index (κ2) is 5.74. The number of fused-ring (bicyclic) bond motifs is 1. The molecule has 2 aliphatic carbocycles. The van der Waals surface area contributed by atoms with E-state index in [2.05, 4.69) is 18.2 Å². The summed E-state index contributed by atoms with van der Waals surface area (Å²) in [4.78, 5) is 10.9. The second-order valence-electron chi connectivity index (χ2n) is 3.68. The van der Waals surface area contributed by atoms with Crippen molar-refractivity contribution in [2.45, 2.75) is 33.6 Å². The molecule has 0 bridgehead atoms. The van der Waals surface area contributed by atoms with Crippen molar-refractivity contribution in [1.29, 1.82) is 0 Å². The van der Waals surface area contributed by atoms with Gasteiger partial charge in [-0.1, -0.05) is 39.0 Å². The Morgan fingerprint density at radius 2 is 2.20 bits per heavy atom. The first-order chi connectivity index (χ1) is 7.29. The molecule has 1 fully saturated rings. The fourth-order valence-electron chi connectivity index (χ4n) is 1.59. The number of ether oxygens (including phenoxy) is 1. The molecule has 15 heavy (non-hydrogen) atoms. The SMILES string of the molecule is CC.CCC(=O)OCC1=CC2CC2C=C1. The first kappa shape index (κ1) is 12.0. The van der Waals surface area contributed by atoms with Crippen molar-refractivity contribution in [3.63, 3.8) is 0 Å². The van der Waals surface area contributed by atoms with E-state index < -0.39 is 0 Å². The Bertz CT molecular complexity index is 276. The molecule has 0 aromatic rings. The summed E-state index contributed by atoms with van der Waals surface area (Å²) in [6.45, 7) is 6.26. The highest BCUT2D eigenvalue weighted by atomic mass is 16.5. The van der Waals surface area contributed by atoms with Crippen LogP contribution in [0.1, 0.15) is 33.6 Å². The molecule has 0 radical (unpaired) electrons. The largest absolute Gasteiger partial charge is 0.461 e. The van der Waals surface area contributed by atoms with Crippen molar-refractivity contribution in [1.82, 2.24) is 0 Å². The zero-order chi connectivity index (χ0) is 11.3. The maximum Gasteiger partial charge on any atom is 0.305 e. The molecule has 0 N–H and O–H groups in total. The Hall–Kier alpha value is -1.05. The van der Waals surface area contributed by atoms with Crippen LogP contribution in [0.3, 0.4) is 0 Å². The summed E-state index contributed by atoms with van der Waals surface area (Å²) in [5, 5.41) is 0. The molecule has 84 valence electrons. The maximum absolute atomic E-state index is 10.9. The predicted molar refractivity (Wildman–Crippen MR) is 61.4 cm³/mol. The lowest BCUT2D eigenvalue weighted by Crippen LogP contribution is -2.06. The van der Waals surface area contributed by atoms with Crippen LogP contribution in [0.2, 0.25) is 0 Å². The third-order valence-corrected chi connectivity index (χ3v) is 2.57. The molecule has 2 unspecified atom stereocenters. The number of carbonyl (C=O) groups excluding carboxylic acids is 1. The summed E-state index contributed by atoms with van der Waals surface area (Å²) >= 11 is 0. The molecule has 1 saturated carbocycles. The Labute approximate surface area is 92.0 Å². The van der Waals surface area contributed by atoms with Gasteiger partial charge in [-0.15, -0.1) is 0 Å². The van der Waals surface area contributed by atoms with E-state index in [0.717, 1.165) is 17.4 Å².